The minimum atomic E-state index is -1.07. The molecule has 0 aliphatic heterocycles. The molecule has 106 valence electrons. The summed E-state index contributed by atoms with van der Waals surface area (Å²) in [6, 6.07) is 6.40. The standard InChI is InChI=1S/C16H17ClFNO/c1-16(2)8-4-6-12(16)15(20)11(9-19)10-5-3-7-13(17)14(10)18/h3,5,7,11-12H,4,6,8H2,1-2H3. The number of ketones is 1. The van der Waals surface area contributed by atoms with Crippen molar-refractivity contribution in [2.75, 3.05) is 0 Å². The van der Waals surface area contributed by atoms with Crippen LogP contribution in [0, 0.1) is 28.5 Å². The lowest BCUT2D eigenvalue weighted by molar-refractivity contribution is -0.125. The van der Waals surface area contributed by atoms with Crippen molar-refractivity contribution in [2.45, 2.75) is 39.0 Å². The van der Waals surface area contributed by atoms with Crippen LogP contribution in [0.5, 0.6) is 0 Å². The lowest BCUT2D eigenvalue weighted by Crippen LogP contribution is -2.30. The van der Waals surface area contributed by atoms with Gasteiger partial charge in [0.2, 0.25) is 0 Å². The van der Waals surface area contributed by atoms with E-state index in [0.29, 0.717) is 0 Å². The summed E-state index contributed by atoms with van der Waals surface area (Å²) < 4.78 is 14.0. The van der Waals surface area contributed by atoms with Crippen LogP contribution < -0.4 is 0 Å². The van der Waals surface area contributed by atoms with Crippen molar-refractivity contribution in [3.8, 4) is 6.07 Å². The summed E-state index contributed by atoms with van der Waals surface area (Å²) in [5.41, 5.74) is -0.0333. The van der Waals surface area contributed by atoms with E-state index in [-0.39, 0.29) is 27.7 Å². The second-order valence-corrected chi connectivity index (χ2v) is 6.45. The number of hydrogen-bond acceptors (Lipinski definition) is 2. The minimum absolute atomic E-state index is 0.0544. The van der Waals surface area contributed by atoms with Crippen LogP contribution in [0.1, 0.15) is 44.6 Å². The Bertz CT molecular complexity index is 576. The van der Waals surface area contributed by atoms with Gasteiger partial charge in [-0.1, -0.05) is 44.0 Å². The number of nitriles is 1. The third kappa shape index (κ3) is 2.58. The Kier molecular flexibility index (Phi) is 4.15. The van der Waals surface area contributed by atoms with Crippen molar-refractivity contribution in [3.63, 3.8) is 0 Å². The molecule has 0 aromatic heterocycles. The predicted octanol–water partition coefficient (Wildman–Crippen LogP) is 4.48. The number of Topliss-reactive ketones (excluding diaryl/α,β-unsaturated/α-hetero) is 1. The molecular weight excluding hydrogens is 277 g/mol. The summed E-state index contributed by atoms with van der Waals surface area (Å²) in [5, 5.41) is 9.26. The first kappa shape index (κ1) is 15.0. The highest BCUT2D eigenvalue weighted by molar-refractivity contribution is 6.30. The summed E-state index contributed by atoms with van der Waals surface area (Å²) in [4.78, 5) is 12.6. The Labute approximate surface area is 123 Å². The summed E-state index contributed by atoms with van der Waals surface area (Å²) in [5.74, 6) is -2.11. The molecule has 1 aliphatic rings. The van der Waals surface area contributed by atoms with E-state index < -0.39 is 11.7 Å². The first-order chi connectivity index (χ1) is 9.38. The SMILES string of the molecule is CC1(C)CCCC1C(=O)C(C#N)c1cccc(Cl)c1F. The lowest BCUT2D eigenvalue weighted by Gasteiger charge is -2.27. The van der Waals surface area contributed by atoms with Gasteiger partial charge in [0, 0.05) is 11.5 Å². The molecule has 1 aromatic carbocycles. The average molecular weight is 294 g/mol. The highest BCUT2D eigenvalue weighted by atomic mass is 35.5. The number of nitrogens with zero attached hydrogens (tertiary/aromatic N) is 1. The van der Waals surface area contributed by atoms with E-state index >= 15 is 0 Å². The molecule has 20 heavy (non-hydrogen) atoms. The van der Waals surface area contributed by atoms with E-state index in [0.717, 1.165) is 19.3 Å². The molecule has 0 amide bonds. The average Bonchev–Trinajstić information content (AvgIpc) is 2.74. The Morgan fingerprint density at radius 2 is 2.25 bits per heavy atom. The molecule has 1 saturated carbocycles. The van der Waals surface area contributed by atoms with E-state index in [9.17, 15) is 14.4 Å². The van der Waals surface area contributed by atoms with Gasteiger partial charge in [0.25, 0.3) is 0 Å². The van der Waals surface area contributed by atoms with Crippen molar-refractivity contribution in [1.82, 2.24) is 0 Å². The molecule has 0 radical (unpaired) electrons. The van der Waals surface area contributed by atoms with E-state index in [2.05, 4.69) is 0 Å². The number of hydrogen-bond donors (Lipinski definition) is 0. The van der Waals surface area contributed by atoms with Crippen LogP contribution in [0.3, 0.4) is 0 Å². The van der Waals surface area contributed by atoms with Crippen LogP contribution >= 0.6 is 11.6 Å². The van der Waals surface area contributed by atoms with Crippen molar-refractivity contribution in [3.05, 3.63) is 34.6 Å². The molecule has 4 heteroatoms. The summed E-state index contributed by atoms with van der Waals surface area (Å²) in [7, 11) is 0. The molecule has 0 N–H and O–H groups in total. The molecule has 2 nitrogen and oxygen atoms in total. The van der Waals surface area contributed by atoms with Gasteiger partial charge in [-0.3, -0.25) is 4.79 Å². The zero-order valence-electron chi connectivity index (χ0n) is 11.6. The molecule has 2 rings (SSSR count). The molecule has 0 heterocycles. The number of benzene rings is 1. The Morgan fingerprint density at radius 3 is 2.80 bits per heavy atom. The smallest absolute Gasteiger partial charge is 0.158 e. The Morgan fingerprint density at radius 1 is 1.55 bits per heavy atom. The number of rotatable bonds is 3. The van der Waals surface area contributed by atoms with Gasteiger partial charge in [0.15, 0.2) is 5.78 Å². The molecule has 0 spiro atoms. The van der Waals surface area contributed by atoms with Crippen molar-refractivity contribution in [1.29, 1.82) is 5.26 Å². The summed E-state index contributed by atoms with van der Waals surface area (Å²) in [6.45, 7) is 4.07. The second kappa shape index (κ2) is 5.54. The molecule has 2 atom stereocenters. The monoisotopic (exact) mass is 293 g/mol. The highest BCUT2D eigenvalue weighted by Gasteiger charge is 2.42. The minimum Gasteiger partial charge on any atom is -0.298 e. The summed E-state index contributed by atoms with van der Waals surface area (Å²) in [6.07, 6.45) is 2.70. The molecule has 1 fully saturated rings. The third-order valence-electron chi connectivity index (χ3n) is 4.31. The fourth-order valence-corrected chi connectivity index (χ4v) is 3.27. The maximum absolute atomic E-state index is 14.0. The van der Waals surface area contributed by atoms with Gasteiger partial charge in [-0.2, -0.15) is 5.26 Å². The van der Waals surface area contributed by atoms with Crippen LogP contribution in [-0.4, -0.2) is 5.78 Å². The van der Waals surface area contributed by atoms with Crippen LogP contribution in [0.4, 0.5) is 4.39 Å². The normalized spacial score (nSPS) is 22.2. The zero-order valence-corrected chi connectivity index (χ0v) is 12.4. The quantitative estimate of drug-likeness (QED) is 0.824. The molecule has 1 aliphatic carbocycles. The van der Waals surface area contributed by atoms with Crippen molar-refractivity contribution >= 4 is 17.4 Å². The Hall–Kier alpha value is -1.40. The fourth-order valence-electron chi connectivity index (χ4n) is 3.09. The van der Waals surface area contributed by atoms with Gasteiger partial charge in [-0.25, -0.2) is 4.39 Å². The van der Waals surface area contributed by atoms with Gasteiger partial charge in [0.05, 0.1) is 11.1 Å². The Balaban J connectivity index is 2.36. The van der Waals surface area contributed by atoms with E-state index in [1.807, 2.05) is 19.9 Å². The largest absolute Gasteiger partial charge is 0.298 e. The van der Waals surface area contributed by atoms with Crippen LogP contribution in [-0.2, 0) is 4.79 Å². The van der Waals surface area contributed by atoms with Gasteiger partial charge in [0.1, 0.15) is 11.7 Å². The van der Waals surface area contributed by atoms with Gasteiger partial charge >= 0.3 is 0 Å². The first-order valence-corrected chi connectivity index (χ1v) is 7.13. The van der Waals surface area contributed by atoms with E-state index in [1.54, 1.807) is 6.07 Å². The maximum Gasteiger partial charge on any atom is 0.158 e. The zero-order chi connectivity index (χ0) is 14.9. The van der Waals surface area contributed by atoms with Crippen molar-refractivity contribution < 1.29 is 9.18 Å². The van der Waals surface area contributed by atoms with Crippen LogP contribution in [0.2, 0.25) is 5.02 Å². The molecule has 2 unspecified atom stereocenters. The maximum atomic E-state index is 14.0. The van der Waals surface area contributed by atoms with Gasteiger partial charge < -0.3 is 0 Å². The summed E-state index contributed by atoms with van der Waals surface area (Å²) >= 11 is 5.74. The number of carbonyl (C=O) groups excluding carboxylic acids is 1. The van der Waals surface area contributed by atoms with Gasteiger partial charge in [-0.05, 0) is 24.3 Å². The molecule has 1 aromatic rings. The lowest BCUT2D eigenvalue weighted by atomic mass is 9.75. The molecule has 0 bridgehead atoms. The topological polar surface area (TPSA) is 40.9 Å². The first-order valence-electron chi connectivity index (χ1n) is 6.75. The highest BCUT2D eigenvalue weighted by Crippen LogP contribution is 2.45. The second-order valence-electron chi connectivity index (χ2n) is 6.04. The van der Waals surface area contributed by atoms with Crippen LogP contribution in [0.25, 0.3) is 0 Å². The van der Waals surface area contributed by atoms with Crippen molar-refractivity contribution in [2.24, 2.45) is 11.3 Å². The van der Waals surface area contributed by atoms with Crippen LogP contribution in [0.15, 0.2) is 18.2 Å². The molecular formula is C16H17ClFNO. The van der Waals surface area contributed by atoms with Gasteiger partial charge in [-0.15, -0.1) is 0 Å². The molecule has 0 saturated heterocycles. The van der Waals surface area contributed by atoms with E-state index in [4.69, 9.17) is 11.6 Å². The number of carbonyl (C=O) groups is 1. The predicted molar refractivity (Wildman–Crippen MR) is 75.9 cm³/mol. The fraction of sp³-hybridized carbons (Fsp3) is 0.500. The number of halogens is 2. The third-order valence-corrected chi connectivity index (χ3v) is 4.60. The van der Waals surface area contributed by atoms with E-state index in [1.165, 1.54) is 12.1 Å².